The number of hydrogen-bond donors (Lipinski definition) is 1. The molecule has 25 heavy (non-hydrogen) atoms. The first-order valence-electron chi connectivity index (χ1n) is 8.38. The van der Waals surface area contributed by atoms with E-state index in [1.54, 1.807) is 8.65 Å². The lowest BCUT2D eigenvalue weighted by Gasteiger charge is -2.21. The fourth-order valence-corrected chi connectivity index (χ4v) is 4.52. The number of nitrogens with zero attached hydrogens (tertiary/aromatic N) is 5. The van der Waals surface area contributed by atoms with Crippen molar-refractivity contribution < 1.29 is 4.74 Å². The summed E-state index contributed by atoms with van der Waals surface area (Å²) < 4.78 is 9.54. The lowest BCUT2D eigenvalue weighted by molar-refractivity contribution is 0.0951. The Balaban J connectivity index is 1.57. The first-order chi connectivity index (χ1) is 12.1. The average Bonchev–Trinajstić information content (AvgIpc) is 3.37. The molecule has 4 atom stereocenters. The van der Waals surface area contributed by atoms with E-state index in [9.17, 15) is 5.26 Å². The molecule has 7 heteroatoms. The molecule has 1 unspecified atom stereocenters. The zero-order chi connectivity index (χ0) is 17.1. The Bertz CT molecular complexity index is 1020. The fourth-order valence-electron chi connectivity index (χ4n) is 4.25. The van der Waals surface area contributed by atoms with Crippen LogP contribution in [0.2, 0.25) is 0 Å². The van der Waals surface area contributed by atoms with E-state index in [0.717, 1.165) is 35.0 Å². The second-order valence-electron chi connectivity index (χ2n) is 6.96. The van der Waals surface area contributed by atoms with Crippen molar-refractivity contribution >= 4 is 23.8 Å². The zero-order valence-electron chi connectivity index (χ0n) is 13.7. The third kappa shape index (κ3) is 2.21. The smallest absolute Gasteiger partial charge is 0.150 e. The van der Waals surface area contributed by atoms with E-state index in [0.29, 0.717) is 5.92 Å². The molecule has 2 aliphatic rings. The molecule has 2 aliphatic heterocycles. The minimum Gasteiger partial charge on any atom is -0.373 e. The lowest BCUT2D eigenvalue weighted by Crippen LogP contribution is -2.20. The van der Waals surface area contributed by atoms with Crippen molar-refractivity contribution in [2.24, 2.45) is 13.0 Å². The summed E-state index contributed by atoms with van der Waals surface area (Å²) in [6.07, 6.45) is 9.69. The molecule has 3 aromatic rings. The molecule has 0 radical (unpaired) electrons. The van der Waals surface area contributed by atoms with Crippen LogP contribution in [0, 0.1) is 17.2 Å². The second-order valence-corrected chi connectivity index (χ2v) is 7.39. The molecule has 2 fully saturated rings. The number of pyridine rings is 1. The highest BCUT2D eigenvalue weighted by molar-refractivity contribution is 7.78. The fraction of sp³-hybridized carbons (Fsp3) is 0.389. The molecule has 5 rings (SSSR count). The first kappa shape index (κ1) is 15.0. The Morgan fingerprint density at radius 2 is 2.16 bits per heavy atom. The van der Waals surface area contributed by atoms with Gasteiger partial charge >= 0.3 is 0 Å². The van der Waals surface area contributed by atoms with Gasteiger partial charge in [-0.3, -0.25) is 8.65 Å². The van der Waals surface area contributed by atoms with Crippen LogP contribution in [0.25, 0.3) is 22.2 Å². The predicted molar refractivity (Wildman–Crippen MR) is 96.1 cm³/mol. The van der Waals surface area contributed by atoms with Gasteiger partial charge < -0.3 is 4.74 Å². The van der Waals surface area contributed by atoms with Gasteiger partial charge in [-0.25, -0.2) is 4.98 Å². The summed E-state index contributed by atoms with van der Waals surface area (Å²) in [6.45, 7) is 0. The number of aromatic nitrogens is 4. The number of aryl methyl sites for hydroxylation is 1. The molecule has 0 aromatic carbocycles. The van der Waals surface area contributed by atoms with Crippen molar-refractivity contribution in [2.45, 2.75) is 31.0 Å². The highest BCUT2D eigenvalue weighted by Gasteiger charge is 2.47. The van der Waals surface area contributed by atoms with Crippen molar-refractivity contribution in [3.63, 3.8) is 0 Å². The van der Waals surface area contributed by atoms with Crippen LogP contribution < -0.4 is 0 Å². The number of fused-ring (bicyclic) bond motifs is 3. The molecular formula is C18H17N5OS. The monoisotopic (exact) mass is 351 g/mol. The Morgan fingerprint density at radius 1 is 1.28 bits per heavy atom. The van der Waals surface area contributed by atoms with Crippen LogP contribution in [0.5, 0.6) is 0 Å². The van der Waals surface area contributed by atoms with Gasteiger partial charge in [0.25, 0.3) is 0 Å². The van der Waals surface area contributed by atoms with E-state index in [2.05, 4.69) is 35.0 Å². The Morgan fingerprint density at radius 3 is 2.84 bits per heavy atom. The molecule has 2 saturated heterocycles. The third-order valence-corrected chi connectivity index (χ3v) is 5.78. The summed E-state index contributed by atoms with van der Waals surface area (Å²) in [7, 11) is 1.91. The van der Waals surface area contributed by atoms with Gasteiger partial charge in [-0.05, 0) is 24.5 Å². The largest absolute Gasteiger partial charge is 0.373 e. The summed E-state index contributed by atoms with van der Waals surface area (Å²) in [5, 5.41) is 14.5. The van der Waals surface area contributed by atoms with E-state index < -0.39 is 0 Å². The van der Waals surface area contributed by atoms with Crippen molar-refractivity contribution in [1.82, 2.24) is 18.7 Å². The van der Waals surface area contributed by atoms with Crippen LogP contribution in [-0.2, 0) is 11.8 Å². The standard InChI is InChI=1S/C18H17N5OS/c1-22-8-12(7-21-22)15-9-23(25)18-14(15)2-11(6-20-18)13-4-16-10(5-19)3-17(13)24-16/h2,6-10,13,16-17,25H,3-4H2,1H3/t10?,13-,16+,17+/m0/s1. The Hall–Kier alpha value is -2.30. The van der Waals surface area contributed by atoms with Gasteiger partial charge in [0.1, 0.15) is 5.65 Å². The van der Waals surface area contributed by atoms with Crippen molar-refractivity contribution in [1.29, 1.82) is 5.26 Å². The summed E-state index contributed by atoms with van der Waals surface area (Å²) in [5.41, 5.74) is 4.14. The highest BCUT2D eigenvalue weighted by Crippen LogP contribution is 2.47. The summed E-state index contributed by atoms with van der Waals surface area (Å²) in [6, 6.07) is 4.57. The summed E-state index contributed by atoms with van der Waals surface area (Å²) >= 11 is 4.51. The van der Waals surface area contributed by atoms with Gasteiger partial charge in [0.15, 0.2) is 0 Å². The molecule has 2 bridgehead atoms. The van der Waals surface area contributed by atoms with Crippen LogP contribution in [0.3, 0.4) is 0 Å². The molecular weight excluding hydrogens is 334 g/mol. The SMILES string of the molecule is Cn1cc(-c2cn(S)c3ncc([C@@H]4C[C@H]5O[C@@H]4CC5C#N)cc23)cn1. The molecule has 0 saturated carbocycles. The van der Waals surface area contributed by atoms with E-state index in [-0.39, 0.29) is 18.1 Å². The molecule has 0 spiro atoms. The summed E-state index contributed by atoms with van der Waals surface area (Å²) in [4.78, 5) is 4.64. The quantitative estimate of drug-likeness (QED) is 0.721. The molecule has 0 N–H and O–H groups in total. The molecule has 5 heterocycles. The van der Waals surface area contributed by atoms with Crippen molar-refractivity contribution in [3.05, 3.63) is 36.4 Å². The van der Waals surface area contributed by atoms with Crippen LogP contribution in [-0.4, -0.2) is 30.9 Å². The van der Waals surface area contributed by atoms with Crippen LogP contribution in [0.4, 0.5) is 0 Å². The Labute approximate surface area is 150 Å². The Kier molecular flexibility index (Phi) is 3.21. The molecule has 3 aromatic heterocycles. The van der Waals surface area contributed by atoms with Crippen LogP contribution in [0.1, 0.15) is 24.3 Å². The average molecular weight is 351 g/mol. The lowest BCUT2D eigenvalue weighted by atomic mass is 9.79. The van der Waals surface area contributed by atoms with Crippen molar-refractivity contribution in [2.75, 3.05) is 0 Å². The van der Waals surface area contributed by atoms with Gasteiger partial charge in [0.05, 0.1) is 30.4 Å². The van der Waals surface area contributed by atoms with Gasteiger partial charge in [-0.1, -0.05) is 12.8 Å². The normalized spacial score (nSPS) is 27.9. The number of nitriles is 1. The number of rotatable bonds is 2. The highest BCUT2D eigenvalue weighted by atomic mass is 32.1. The maximum absolute atomic E-state index is 9.19. The van der Waals surface area contributed by atoms with Gasteiger partial charge in [-0.15, -0.1) is 0 Å². The van der Waals surface area contributed by atoms with E-state index in [1.165, 1.54) is 5.56 Å². The minimum absolute atomic E-state index is 0.0439. The molecule has 0 amide bonds. The molecule has 126 valence electrons. The van der Waals surface area contributed by atoms with Crippen LogP contribution in [0.15, 0.2) is 30.9 Å². The maximum Gasteiger partial charge on any atom is 0.150 e. The van der Waals surface area contributed by atoms with Gasteiger partial charge in [0.2, 0.25) is 0 Å². The van der Waals surface area contributed by atoms with Crippen LogP contribution >= 0.6 is 12.8 Å². The van der Waals surface area contributed by atoms with Gasteiger partial charge in [0, 0.05) is 48.1 Å². The van der Waals surface area contributed by atoms with E-state index >= 15 is 0 Å². The van der Waals surface area contributed by atoms with Gasteiger partial charge in [-0.2, -0.15) is 10.4 Å². The number of hydrogen-bond acceptors (Lipinski definition) is 5. The topological polar surface area (TPSA) is 68.7 Å². The zero-order valence-corrected chi connectivity index (χ0v) is 14.6. The first-order valence-corrected chi connectivity index (χ1v) is 8.78. The van der Waals surface area contributed by atoms with E-state index in [1.807, 2.05) is 31.8 Å². The molecule has 6 nitrogen and oxygen atoms in total. The predicted octanol–water partition coefficient (Wildman–Crippen LogP) is 2.91. The minimum atomic E-state index is 0.0439. The van der Waals surface area contributed by atoms with E-state index in [4.69, 9.17) is 4.74 Å². The second kappa shape index (κ2) is 5.35. The molecule has 0 aliphatic carbocycles. The summed E-state index contributed by atoms with van der Waals surface area (Å²) in [5.74, 6) is 0.360. The maximum atomic E-state index is 9.19. The number of ether oxygens (including phenoxy) is 1. The third-order valence-electron chi connectivity index (χ3n) is 5.48. The van der Waals surface area contributed by atoms with Crippen molar-refractivity contribution in [3.8, 4) is 17.2 Å². The number of thiol groups is 1.